The summed E-state index contributed by atoms with van der Waals surface area (Å²) in [4.78, 5) is 0. The van der Waals surface area contributed by atoms with Crippen LogP contribution in [0.3, 0.4) is 0 Å². The van der Waals surface area contributed by atoms with E-state index in [4.69, 9.17) is 18.9 Å². The van der Waals surface area contributed by atoms with Gasteiger partial charge in [-0.2, -0.15) is 0 Å². The third-order valence-corrected chi connectivity index (χ3v) is 11.2. The molecule has 6 fully saturated rings. The highest BCUT2D eigenvalue weighted by atomic mass is 16.9. The van der Waals surface area contributed by atoms with Crippen molar-refractivity contribution < 1.29 is 18.9 Å². The quantitative estimate of drug-likeness (QED) is 0.544. The van der Waals surface area contributed by atoms with Crippen LogP contribution in [0.25, 0.3) is 0 Å². The van der Waals surface area contributed by atoms with Crippen LogP contribution in [0.1, 0.15) is 78.1 Å². The molecular weight excluding hydrogens is 376 g/mol. The number of fused-ring (bicyclic) bond motifs is 7. The summed E-state index contributed by atoms with van der Waals surface area (Å²) in [6.45, 7) is 10.5. The van der Waals surface area contributed by atoms with Gasteiger partial charge in [0.25, 0.3) is 0 Å². The summed E-state index contributed by atoms with van der Waals surface area (Å²) in [6, 6.07) is 0. The van der Waals surface area contributed by atoms with Gasteiger partial charge in [-0.15, -0.1) is 6.58 Å². The second-order valence-corrected chi connectivity index (χ2v) is 11.8. The standard InChI is InChI=1S/C26H40O4/c1-4-7-18-14-19-21(23(2)11-6-5-8-20(18)23)9-12-24(3)22(19)10-13-25(24)26(30-17-28-25)15-27-16-29-26/h4,18-22H,1,5-17H2,2-3H3/t18-,19-,20-,21+,22+,23+,24+,25-,26?/m1/s1. The summed E-state index contributed by atoms with van der Waals surface area (Å²) in [5, 5.41) is 0. The molecule has 0 radical (unpaired) electrons. The van der Waals surface area contributed by atoms with Crippen molar-refractivity contribution in [1.82, 2.24) is 0 Å². The minimum Gasteiger partial charge on any atom is -0.350 e. The van der Waals surface area contributed by atoms with Crippen molar-refractivity contribution in [3.8, 4) is 0 Å². The van der Waals surface area contributed by atoms with Crippen molar-refractivity contribution in [2.75, 3.05) is 20.2 Å². The second-order valence-electron chi connectivity index (χ2n) is 11.8. The Labute approximate surface area is 182 Å². The highest BCUT2D eigenvalue weighted by Crippen LogP contribution is 2.72. The number of allylic oxidation sites excluding steroid dienone is 1. The van der Waals surface area contributed by atoms with Crippen LogP contribution in [-0.2, 0) is 18.9 Å². The van der Waals surface area contributed by atoms with Crippen molar-refractivity contribution in [3.63, 3.8) is 0 Å². The van der Waals surface area contributed by atoms with Gasteiger partial charge in [0.05, 0.1) is 0 Å². The highest BCUT2D eigenvalue weighted by Gasteiger charge is 2.76. The Morgan fingerprint density at radius 2 is 1.73 bits per heavy atom. The summed E-state index contributed by atoms with van der Waals surface area (Å²) in [5.41, 5.74) is 0.281. The molecule has 1 unspecified atom stereocenters. The minimum absolute atomic E-state index is 0.106. The van der Waals surface area contributed by atoms with Gasteiger partial charge in [-0.05, 0) is 86.4 Å². The third kappa shape index (κ3) is 2.32. The molecule has 6 aliphatic rings. The Morgan fingerprint density at radius 1 is 0.900 bits per heavy atom. The van der Waals surface area contributed by atoms with E-state index in [1.165, 1.54) is 57.8 Å². The van der Waals surface area contributed by atoms with Crippen molar-refractivity contribution in [2.24, 2.45) is 40.4 Å². The van der Waals surface area contributed by atoms with Crippen molar-refractivity contribution in [1.29, 1.82) is 0 Å². The second kappa shape index (κ2) is 6.79. The minimum atomic E-state index is -0.685. The molecule has 4 heteroatoms. The fourth-order valence-corrected chi connectivity index (χ4v) is 10.0. The van der Waals surface area contributed by atoms with Crippen LogP contribution < -0.4 is 0 Å². The Kier molecular flexibility index (Phi) is 4.57. The van der Waals surface area contributed by atoms with Gasteiger partial charge in [-0.25, -0.2) is 0 Å². The van der Waals surface area contributed by atoms with E-state index in [-0.39, 0.29) is 11.0 Å². The summed E-state index contributed by atoms with van der Waals surface area (Å²) in [5.74, 6) is 3.40. The van der Waals surface area contributed by atoms with E-state index in [1.807, 2.05) is 0 Å². The van der Waals surface area contributed by atoms with E-state index >= 15 is 0 Å². The average molecular weight is 417 g/mol. The molecule has 0 N–H and O–H groups in total. The van der Waals surface area contributed by atoms with Crippen LogP contribution in [-0.4, -0.2) is 31.6 Å². The maximum absolute atomic E-state index is 6.55. The molecule has 0 aromatic heterocycles. The van der Waals surface area contributed by atoms with E-state index in [0.29, 0.717) is 31.5 Å². The normalized spacial score (nSPS) is 57.3. The van der Waals surface area contributed by atoms with E-state index in [9.17, 15) is 0 Å². The topological polar surface area (TPSA) is 36.9 Å². The Balaban J connectivity index is 1.37. The lowest BCUT2D eigenvalue weighted by molar-refractivity contribution is -0.252. The molecule has 2 spiro atoms. The van der Waals surface area contributed by atoms with Gasteiger partial charge in [0.1, 0.15) is 12.2 Å². The van der Waals surface area contributed by atoms with Gasteiger partial charge in [-0.1, -0.05) is 32.8 Å². The first-order valence-corrected chi connectivity index (χ1v) is 12.6. The zero-order chi connectivity index (χ0) is 20.6. The van der Waals surface area contributed by atoms with E-state index in [0.717, 1.165) is 30.1 Å². The monoisotopic (exact) mass is 416 g/mol. The lowest BCUT2D eigenvalue weighted by Crippen LogP contribution is -2.64. The molecule has 0 amide bonds. The molecule has 2 saturated heterocycles. The summed E-state index contributed by atoms with van der Waals surface area (Å²) >= 11 is 0. The molecule has 0 aromatic carbocycles. The van der Waals surface area contributed by atoms with Crippen molar-refractivity contribution in [3.05, 3.63) is 12.7 Å². The maximum Gasteiger partial charge on any atom is 0.226 e. The van der Waals surface area contributed by atoms with Crippen LogP contribution in [0.4, 0.5) is 0 Å². The van der Waals surface area contributed by atoms with Gasteiger partial charge in [-0.3, -0.25) is 0 Å². The molecule has 30 heavy (non-hydrogen) atoms. The molecule has 2 heterocycles. The van der Waals surface area contributed by atoms with Crippen molar-refractivity contribution in [2.45, 2.75) is 89.4 Å². The van der Waals surface area contributed by atoms with E-state index in [2.05, 4.69) is 26.5 Å². The van der Waals surface area contributed by atoms with Crippen LogP contribution in [0.5, 0.6) is 0 Å². The molecule has 0 aromatic rings. The molecule has 4 saturated carbocycles. The lowest BCUT2D eigenvalue weighted by atomic mass is 9.42. The maximum atomic E-state index is 6.55. The summed E-state index contributed by atoms with van der Waals surface area (Å²) < 4.78 is 24.6. The number of hydrogen-bond donors (Lipinski definition) is 0. The zero-order valence-electron chi connectivity index (χ0n) is 19.0. The van der Waals surface area contributed by atoms with Crippen LogP contribution >= 0.6 is 0 Å². The molecule has 4 aliphatic carbocycles. The molecule has 6 rings (SSSR count). The lowest BCUT2D eigenvalue weighted by Gasteiger charge is -2.63. The molecule has 0 bridgehead atoms. The third-order valence-electron chi connectivity index (χ3n) is 11.2. The summed E-state index contributed by atoms with van der Waals surface area (Å²) in [7, 11) is 0. The molecule has 168 valence electrons. The Hall–Kier alpha value is -0.420. The van der Waals surface area contributed by atoms with Crippen LogP contribution in [0.2, 0.25) is 0 Å². The largest absolute Gasteiger partial charge is 0.350 e. The van der Waals surface area contributed by atoms with Gasteiger partial charge in [0.2, 0.25) is 5.79 Å². The Bertz CT molecular complexity index is 696. The summed E-state index contributed by atoms with van der Waals surface area (Å²) in [6.07, 6.45) is 15.4. The first kappa shape index (κ1) is 20.2. The fraction of sp³-hybridized carbons (Fsp3) is 0.923. The van der Waals surface area contributed by atoms with Gasteiger partial charge < -0.3 is 18.9 Å². The SMILES string of the molecule is C=CC[C@@H]1C[C@@H]2[C@H](CC[C@@]3(C)[C@H]2CC[C@@]32OCOC23COCO3)[C@@]2(C)CCCC[C@H]12. The average Bonchev–Trinajstić information content (AvgIpc) is 3.43. The first-order chi connectivity index (χ1) is 14.5. The van der Waals surface area contributed by atoms with Gasteiger partial charge in [0.15, 0.2) is 13.6 Å². The predicted molar refractivity (Wildman–Crippen MR) is 114 cm³/mol. The molecule has 9 atom stereocenters. The highest BCUT2D eigenvalue weighted by molar-refractivity contribution is 5.20. The first-order valence-electron chi connectivity index (χ1n) is 12.6. The molecule has 4 nitrogen and oxygen atoms in total. The van der Waals surface area contributed by atoms with Gasteiger partial charge in [0, 0.05) is 5.41 Å². The van der Waals surface area contributed by atoms with E-state index < -0.39 is 5.79 Å². The van der Waals surface area contributed by atoms with Gasteiger partial charge >= 0.3 is 0 Å². The molecular formula is C26H40O4. The number of rotatable bonds is 2. The van der Waals surface area contributed by atoms with Crippen LogP contribution in [0.15, 0.2) is 12.7 Å². The van der Waals surface area contributed by atoms with Crippen molar-refractivity contribution >= 4 is 0 Å². The number of ether oxygens (including phenoxy) is 4. The Morgan fingerprint density at radius 3 is 2.53 bits per heavy atom. The van der Waals surface area contributed by atoms with E-state index in [1.54, 1.807) is 0 Å². The zero-order valence-corrected chi connectivity index (χ0v) is 19.0. The van der Waals surface area contributed by atoms with Crippen LogP contribution in [0, 0.1) is 40.4 Å². The smallest absolute Gasteiger partial charge is 0.226 e. The number of hydrogen-bond acceptors (Lipinski definition) is 4. The fourth-order valence-electron chi connectivity index (χ4n) is 10.0. The predicted octanol–water partition coefficient (Wildman–Crippen LogP) is 5.67. The molecule has 2 aliphatic heterocycles.